The maximum Gasteiger partial charge on any atom is 0.311 e. The topological polar surface area (TPSA) is 80.1 Å². The molecule has 0 amide bonds. The fourth-order valence-corrected chi connectivity index (χ4v) is 2.64. The molecule has 0 atom stereocenters. The maximum absolute atomic E-state index is 11.0. The van der Waals surface area contributed by atoms with Crippen LogP contribution in [-0.2, 0) is 0 Å². The minimum absolute atomic E-state index is 0.0353. The first kappa shape index (κ1) is 14.6. The van der Waals surface area contributed by atoms with E-state index in [0.717, 1.165) is 12.5 Å². The molecule has 1 aromatic rings. The van der Waals surface area contributed by atoms with Crippen molar-refractivity contribution in [1.29, 1.82) is 0 Å². The molecule has 2 rings (SSSR count). The smallest absolute Gasteiger partial charge is 0.311 e. The Morgan fingerprint density at radius 1 is 1.35 bits per heavy atom. The predicted molar refractivity (Wildman–Crippen MR) is 80.0 cm³/mol. The molecular weight excluding hydrogens is 256 g/mol. The number of nitrogens with zero attached hydrogens (tertiary/aromatic N) is 2. The molecule has 0 radical (unpaired) electrons. The van der Waals surface area contributed by atoms with Gasteiger partial charge in [0, 0.05) is 19.7 Å². The van der Waals surface area contributed by atoms with E-state index in [1.165, 1.54) is 31.7 Å². The highest BCUT2D eigenvalue weighted by Crippen LogP contribution is 2.29. The monoisotopic (exact) mass is 278 g/mol. The van der Waals surface area contributed by atoms with Crippen molar-refractivity contribution in [3.63, 3.8) is 0 Å². The van der Waals surface area contributed by atoms with Gasteiger partial charge in [-0.1, -0.05) is 19.8 Å². The van der Waals surface area contributed by atoms with E-state index in [2.05, 4.69) is 22.5 Å². The number of rotatable bonds is 5. The highest BCUT2D eigenvalue weighted by Gasteiger charge is 2.20. The molecule has 0 aromatic carbocycles. The molecule has 0 aliphatic heterocycles. The van der Waals surface area contributed by atoms with Crippen LogP contribution < -0.4 is 10.6 Å². The summed E-state index contributed by atoms with van der Waals surface area (Å²) in [6.45, 7) is 3.04. The Morgan fingerprint density at radius 3 is 2.65 bits per heavy atom. The summed E-state index contributed by atoms with van der Waals surface area (Å²) in [5.74, 6) is 2.40. The zero-order chi connectivity index (χ0) is 14.5. The van der Waals surface area contributed by atoms with Gasteiger partial charge in [-0.15, -0.1) is 0 Å². The molecule has 1 aromatic heterocycles. The first-order valence-electron chi connectivity index (χ1n) is 7.17. The first-order chi connectivity index (χ1) is 9.60. The predicted octanol–water partition coefficient (Wildman–Crippen LogP) is 3.27. The largest absolute Gasteiger partial charge is 0.373 e. The number of pyridine rings is 1. The highest BCUT2D eigenvalue weighted by molar-refractivity contribution is 5.60. The van der Waals surface area contributed by atoms with Gasteiger partial charge < -0.3 is 10.6 Å². The maximum atomic E-state index is 11.0. The molecule has 1 saturated carbocycles. The second kappa shape index (κ2) is 6.54. The van der Waals surface area contributed by atoms with E-state index in [1.54, 1.807) is 13.1 Å². The molecule has 110 valence electrons. The molecule has 6 nitrogen and oxygen atoms in total. The minimum atomic E-state index is -0.391. The lowest BCUT2D eigenvalue weighted by atomic mass is 9.83. The molecule has 0 spiro atoms. The molecule has 6 heteroatoms. The molecule has 1 aliphatic carbocycles. The van der Waals surface area contributed by atoms with Crippen molar-refractivity contribution in [2.24, 2.45) is 11.8 Å². The highest BCUT2D eigenvalue weighted by atomic mass is 16.6. The summed E-state index contributed by atoms with van der Waals surface area (Å²) < 4.78 is 0. The Balaban J connectivity index is 2.02. The van der Waals surface area contributed by atoms with Gasteiger partial charge in [0.05, 0.1) is 4.92 Å². The number of anilines is 2. The fourth-order valence-electron chi connectivity index (χ4n) is 2.64. The van der Waals surface area contributed by atoms with Crippen LogP contribution in [0.2, 0.25) is 0 Å². The van der Waals surface area contributed by atoms with Gasteiger partial charge >= 0.3 is 5.69 Å². The normalized spacial score (nSPS) is 22.3. The second-order valence-corrected chi connectivity index (χ2v) is 5.58. The van der Waals surface area contributed by atoms with Crippen molar-refractivity contribution in [1.82, 2.24) is 4.98 Å². The van der Waals surface area contributed by atoms with Gasteiger partial charge in [-0.05, 0) is 30.7 Å². The standard InChI is InChI=1S/C14H22N4O2/c1-10-3-5-11(6-4-10)9-16-14-12(18(19)20)7-8-13(15-2)17-14/h7-8,10-11H,3-6,9H2,1-2H3,(H2,15,16,17). The number of nitro groups is 1. The lowest BCUT2D eigenvalue weighted by Gasteiger charge is -2.26. The third kappa shape index (κ3) is 3.59. The summed E-state index contributed by atoms with van der Waals surface area (Å²) >= 11 is 0. The van der Waals surface area contributed by atoms with Gasteiger partial charge in [0.1, 0.15) is 5.82 Å². The molecule has 0 bridgehead atoms. The third-order valence-corrected chi connectivity index (χ3v) is 4.02. The van der Waals surface area contributed by atoms with Crippen molar-refractivity contribution in [3.8, 4) is 0 Å². The van der Waals surface area contributed by atoms with Crippen LogP contribution in [0.3, 0.4) is 0 Å². The first-order valence-corrected chi connectivity index (χ1v) is 7.17. The molecule has 2 N–H and O–H groups in total. The molecule has 0 saturated heterocycles. The number of nitrogens with one attached hydrogen (secondary N) is 2. The van der Waals surface area contributed by atoms with E-state index in [1.807, 2.05) is 0 Å². The van der Waals surface area contributed by atoms with Crippen LogP contribution in [-0.4, -0.2) is 23.5 Å². The molecular formula is C14H22N4O2. The van der Waals surface area contributed by atoms with Crippen molar-refractivity contribution < 1.29 is 4.92 Å². The van der Waals surface area contributed by atoms with Crippen molar-refractivity contribution in [2.75, 3.05) is 24.2 Å². The third-order valence-electron chi connectivity index (χ3n) is 4.02. The van der Waals surface area contributed by atoms with Gasteiger partial charge in [-0.25, -0.2) is 4.98 Å². The van der Waals surface area contributed by atoms with Crippen LogP contribution in [0.15, 0.2) is 12.1 Å². The zero-order valence-corrected chi connectivity index (χ0v) is 12.1. The molecule has 20 heavy (non-hydrogen) atoms. The summed E-state index contributed by atoms with van der Waals surface area (Å²) in [6, 6.07) is 3.11. The van der Waals surface area contributed by atoms with Crippen LogP contribution >= 0.6 is 0 Å². The number of aromatic nitrogens is 1. The average Bonchev–Trinajstić information content (AvgIpc) is 2.46. The minimum Gasteiger partial charge on any atom is -0.373 e. The van der Waals surface area contributed by atoms with Crippen LogP contribution in [0.4, 0.5) is 17.3 Å². The van der Waals surface area contributed by atoms with Crippen LogP contribution in [0, 0.1) is 22.0 Å². The summed E-state index contributed by atoms with van der Waals surface area (Å²) in [6.07, 6.45) is 4.87. The van der Waals surface area contributed by atoms with E-state index >= 15 is 0 Å². The Morgan fingerprint density at radius 2 is 2.05 bits per heavy atom. The Hall–Kier alpha value is -1.85. The summed E-state index contributed by atoms with van der Waals surface area (Å²) in [5.41, 5.74) is 0.0353. The zero-order valence-electron chi connectivity index (χ0n) is 12.1. The van der Waals surface area contributed by atoms with Crippen LogP contribution in [0.25, 0.3) is 0 Å². The van der Waals surface area contributed by atoms with Gasteiger partial charge in [-0.2, -0.15) is 0 Å². The van der Waals surface area contributed by atoms with Gasteiger partial charge in [0.2, 0.25) is 5.82 Å². The van der Waals surface area contributed by atoms with E-state index in [-0.39, 0.29) is 5.69 Å². The van der Waals surface area contributed by atoms with E-state index in [4.69, 9.17) is 0 Å². The van der Waals surface area contributed by atoms with Crippen molar-refractivity contribution in [3.05, 3.63) is 22.2 Å². The lowest BCUT2D eigenvalue weighted by molar-refractivity contribution is -0.384. The van der Waals surface area contributed by atoms with E-state index < -0.39 is 4.92 Å². The Labute approximate surface area is 119 Å². The fraction of sp³-hybridized carbons (Fsp3) is 0.643. The summed E-state index contributed by atoms with van der Waals surface area (Å²) in [5, 5.41) is 17.1. The quantitative estimate of drug-likeness (QED) is 0.638. The van der Waals surface area contributed by atoms with Gasteiger partial charge in [-0.3, -0.25) is 10.1 Å². The van der Waals surface area contributed by atoms with Gasteiger partial charge in [0.15, 0.2) is 0 Å². The van der Waals surface area contributed by atoms with E-state index in [9.17, 15) is 10.1 Å². The average molecular weight is 278 g/mol. The van der Waals surface area contributed by atoms with Gasteiger partial charge in [0.25, 0.3) is 0 Å². The van der Waals surface area contributed by atoms with Crippen molar-refractivity contribution >= 4 is 17.3 Å². The van der Waals surface area contributed by atoms with Crippen LogP contribution in [0.1, 0.15) is 32.6 Å². The summed E-state index contributed by atoms with van der Waals surface area (Å²) in [4.78, 5) is 14.9. The SMILES string of the molecule is CNc1ccc([N+](=O)[O-])c(NCC2CCC(C)CC2)n1. The Bertz CT molecular complexity index is 470. The number of hydrogen-bond acceptors (Lipinski definition) is 5. The molecule has 1 fully saturated rings. The lowest BCUT2D eigenvalue weighted by Crippen LogP contribution is -2.21. The molecule has 1 aliphatic rings. The number of hydrogen-bond donors (Lipinski definition) is 2. The molecule has 0 unspecified atom stereocenters. The molecule has 1 heterocycles. The Kier molecular flexibility index (Phi) is 4.76. The van der Waals surface area contributed by atoms with Crippen molar-refractivity contribution in [2.45, 2.75) is 32.6 Å². The summed E-state index contributed by atoms with van der Waals surface area (Å²) in [7, 11) is 1.75. The van der Waals surface area contributed by atoms with E-state index in [0.29, 0.717) is 17.6 Å². The van der Waals surface area contributed by atoms with Crippen LogP contribution in [0.5, 0.6) is 0 Å². The second-order valence-electron chi connectivity index (χ2n) is 5.58.